The Morgan fingerprint density at radius 1 is 0.982 bits per heavy atom. The Balaban J connectivity index is 1.44. The number of hydrogen-bond acceptors (Lipinski definition) is 13. The molecule has 2 bridgehead atoms. The minimum Gasteiger partial charge on any atom is -0.455 e. The number of ether oxygens (including phenoxy) is 5. The van der Waals surface area contributed by atoms with E-state index in [0.29, 0.717) is 5.56 Å². The van der Waals surface area contributed by atoms with Crippen molar-refractivity contribution >= 4 is 29.8 Å². The second-order valence-corrected chi connectivity index (χ2v) is 17.2. The van der Waals surface area contributed by atoms with E-state index in [1.807, 2.05) is 6.92 Å². The molecule has 308 valence electrons. The minimum atomic E-state index is -2.08. The Bertz CT molecular complexity index is 1910. The van der Waals surface area contributed by atoms with Crippen LogP contribution in [0.1, 0.15) is 96.1 Å². The molecule has 4 N–H and O–H groups in total. The fourth-order valence-corrected chi connectivity index (χ4v) is 9.10. The number of carbonyl (C=O) groups is 5. The van der Waals surface area contributed by atoms with Crippen molar-refractivity contribution in [2.75, 3.05) is 6.61 Å². The largest absolute Gasteiger partial charge is 0.455 e. The first-order chi connectivity index (χ1) is 26.7. The summed E-state index contributed by atoms with van der Waals surface area (Å²) in [5.41, 5.74) is -4.77. The standard InChI is InChI=1S/C43H53NO13/c1-8-30(46)55-33(31(24-15-11-9-12-16-24)44-39(51)57-40(3,4)5)38(50)54-27-21-43(52)20-26(23(27)2)32(47)35(48)42(7)28(45)19-29-41(6,22-53-29)34(42)36(43)56-37(49)25-17-13-10-14-18-25/h9-18,27-29,31-34,36,45,47,52H,8,19-22H2,1-7H3,(H,44,51)/t27-,28-,29?,31-,32+,33+,34?,36-,41+,42?,43+/m0/s1. The van der Waals surface area contributed by atoms with Crippen LogP contribution in [0.2, 0.25) is 0 Å². The maximum atomic E-state index is 14.6. The number of aliphatic hydroxyl groups is 3. The molecule has 2 saturated carbocycles. The van der Waals surface area contributed by atoms with Gasteiger partial charge in [-0.2, -0.15) is 0 Å². The molecule has 0 aromatic heterocycles. The predicted octanol–water partition coefficient (Wildman–Crippen LogP) is 4.29. The summed E-state index contributed by atoms with van der Waals surface area (Å²) in [4.78, 5) is 69.1. The summed E-state index contributed by atoms with van der Waals surface area (Å²) >= 11 is 0. The molecule has 2 aromatic rings. The maximum absolute atomic E-state index is 14.6. The van der Waals surface area contributed by atoms with Gasteiger partial charge in [0.05, 0.1) is 29.8 Å². The van der Waals surface area contributed by atoms with Crippen molar-refractivity contribution in [2.45, 2.75) is 128 Å². The molecule has 57 heavy (non-hydrogen) atoms. The molecule has 14 nitrogen and oxygen atoms in total. The van der Waals surface area contributed by atoms with Crippen molar-refractivity contribution in [1.29, 1.82) is 0 Å². The third-order valence-corrected chi connectivity index (χ3v) is 12.2. The monoisotopic (exact) mass is 791 g/mol. The maximum Gasteiger partial charge on any atom is 0.408 e. The average Bonchev–Trinajstić information content (AvgIpc) is 3.16. The van der Waals surface area contributed by atoms with Gasteiger partial charge in [-0.1, -0.05) is 62.4 Å². The molecule has 1 saturated heterocycles. The Kier molecular flexibility index (Phi) is 11.5. The zero-order valence-electron chi connectivity index (χ0n) is 33.4. The molecule has 1 heterocycles. The number of amides is 1. The molecular weight excluding hydrogens is 738 g/mol. The number of alkyl carbamates (subject to hydrolysis) is 1. The average molecular weight is 792 g/mol. The normalized spacial score (nSPS) is 33.1. The Labute approximate surface area is 331 Å². The van der Waals surface area contributed by atoms with E-state index >= 15 is 0 Å². The molecule has 3 unspecified atom stereocenters. The lowest BCUT2D eigenvalue weighted by Gasteiger charge is -2.66. The van der Waals surface area contributed by atoms with Gasteiger partial charge in [-0.3, -0.25) is 9.59 Å². The molecule has 6 rings (SSSR count). The van der Waals surface area contributed by atoms with E-state index in [9.17, 15) is 39.3 Å². The van der Waals surface area contributed by atoms with E-state index in [0.717, 1.165) is 0 Å². The van der Waals surface area contributed by atoms with Crippen molar-refractivity contribution in [1.82, 2.24) is 5.32 Å². The SMILES string of the molecule is CCC(=O)O[C@@H](C(=O)O[C@H]1C[C@]2(O)CC(=C1C)[C@@H](O)C(=O)C1(C)C([C@@H]2OC(=O)c2ccccc2)[C@]2(C)COC2C[C@@H]1O)[C@@H](NC(=O)OC(C)(C)C)c1ccccc1. The number of esters is 3. The van der Waals surface area contributed by atoms with Crippen LogP contribution in [0, 0.1) is 16.7 Å². The van der Waals surface area contributed by atoms with E-state index in [4.69, 9.17) is 23.7 Å². The number of carbonyl (C=O) groups excluding carboxylic acids is 5. The molecule has 3 fully saturated rings. The number of hydrogen-bond donors (Lipinski definition) is 4. The summed E-state index contributed by atoms with van der Waals surface area (Å²) in [5.74, 6) is -4.49. The van der Waals surface area contributed by atoms with Gasteiger partial charge >= 0.3 is 24.0 Å². The van der Waals surface area contributed by atoms with E-state index in [2.05, 4.69) is 5.32 Å². The van der Waals surface area contributed by atoms with Crippen molar-refractivity contribution in [2.24, 2.45) is 16.7 Å². The van der Waals surface area contributed by atoms with E-state index in [1.54, 1.807) is 88.4 Å². The number of ketones is 1. The summed E-state index contributed by atoms with van der Waals surface area (Å²) in [6, 6.07) is 15.1. The fourth-order valence-electron chi connectivity index (χ4n) is 9.10. The quantitative estimate of drug-likeness (QED) is 0.159. The van der Waals surface area contributed by atoms with E-state index in [1.165, 1.54) is 13.8 Å². The van der Waals surface area contributed by atoms with Gasteiger partial charge in [-0.25, -0.2) is 14.4 Å². The van der Waals surface area contributed by atoms with Gasteiger partial charge in [0.2, 0.25) is 6.10 Å². The summed E-state index contributed by atoms with van der Waals surface area (Å²) in [6.45, 7) is 11.6. The molecule has 0 radical (unpaired) electrons. The van der Waals surface area contributed by atoms with Crippen molar-refractivity contribution in [3.63, 3.8) is 0 Å². The molecular formula is C43H53NO13. The van der Waals surface area contributed by atoms with Crippen LogP contribution in [0.5, 0.6) is 0 Å². The number of fused-ring (bicyclic) bond motifs is 5. The van der Waals surface area contributed by atoms with Gasteiger partial charge in [-0.15, -0.1) is 0 Å². The molecule has 1 aliphatic heterocycles. The summed E-state index contributed by atoms with van der Waals surface area (Å²) in [5, 5.41) is 39.2. The highest BCUT2D eigenvalue weighted by molar-refractivity contribution is 5.93. The third kappa shape index (κ3) is 7.84. The fraction of sp³-hybridized carbons (Fsp3) is 0.558. The van der Waals surface area contributed by atoms with Crippen LogP contribution < -0.4 is 5.32 Å². The molecule has 3 aliphatic carbocycles. The first-order valence-electron chi connectivity index (χ1n) is 19.4. The second-order valence-electron chi connectivity index (χ2n) is 17.2. The smallest absolute Gasteiger partial charge is 0.408 e. The Morgan fingerprint density at radius 3 is 2.19 bits per heavy atom. The first kappa shape index (κ1) is 42.0. The van der Waals surface area contributed by atoms with Crippen molar-refractivity contribution in [3.05, 3.63) is 82.9 Å². The molecule has 2 aromatic carbocycles. The van der Waals surface area contributed by atoms with Crippen LogP contribution in [0.25, 0.3) is 0 Å². The van der Waals surface area contributed by atoms with Gasteiger partial charge < -0.3 is 44.3 Å². The second kappa shape index (κ2) is 15.6. The molecule has 4 aliphatic rings. The lowest BCUT2D eigenvalue weighted by Crippen LogP contribution is -2.75. The number of benzene rings is 2. The van der Waals surface area contributed by atoms with Gasteiger partial charge in [-0.05, 0) is 63.5 Å². The molecule has 14 heteroatoms. The number of Topliss-reactive ketones (excluding diaryl/α,β-unsaturated/α-hetero) is 1. The zero-order chi connectivity index (χ0) is 41.7. The van der Waals surface area contributed by atoms with Crippen LogP contribution >= 0.6 is 0 Å². The number of aliphatic hydroxyl groups excluding tert-OH is 2. The van der Waals surface area contributed by atoms with Crippen LogP contribution in [0.4, 0.5) is 4.79 Å². The summed E-state index contributed by atoms with van der Waals surface area (Å²) in [6.07, 6.45) is -9.99. The summed E-state index contributed by atoms with van der Waals surface area (Å²) < 4.78 is 29.4. The van der Waals surface area contributed by atoms with Gasteiger partial charge in [0.15, 0.2) is 5.78 Å². The predicted molar refractivity (Wildman–Crippen MR) is 202 cm³/mol. The number of rotatable bonds is 9. The highest BCUT2D eigenvalue weighted by atomic mass is 16.6. The van der Waals surface area contributed by atoms with Crippen LogP contribution in [-0.4, -0.2) is 99.5 Å². The Hall–Kier alpha value is -4.63. The third-order valence-electron chi connectivity index (χ3n) is 12.2. The van der Waals surface area contributed by atoms with Gasteiger partial charge in [0.25, 0.3) is 0 Å². The molecule has 11 atom stereocenters. The minimum absolute atomic E-state index is 0.0323. The summed E-state index contributed by atoms with van der Waals surface area (Å²) in [7, 11) is 0. The Morgan fingerprint density at radius 2 is 1.61 bits per heavy atom. The molecule has 1 amide bonds. The van der Waals surface area contributed by atoms with Crippen LogP contribution in [0.3, 0.4) is 0 Å². The molecule has 0 spiro atoms. The highest BCUT2D eigenvalue weighted by Crippen LogP contribution is 2.63. The van der Waals surface area contributed by atoms with Crippen molar-refractivity contribution in [3.8, 4) is 0 Å². The zero-order valence-corrected chi connectivity index (χ0v) is 33.4. The number of nitrogens with one attached hydrogen (secondary N) is 1. The van der Waals surface area contributed by atoms with E-state index < -0.39 is 100 Å². The van der Waals surface area contributed by atoms with Gasteiger partial charge in [0, 0.05) is 37.0 Å². The van der Waals surface area contributed by atoms with E-state index in [-0.39, 0.29) is 49.0 Å². The van der Waals surface area contributed by atoms with Crippen LogP contribution in [-0.2, 0) is 38.1 Å². The van der Waals surface area contributed by atoms with Crippen LogP contribution in [0.15, 0.2) is 71.8 Å². The first-order valence-corrected chi connectivity index (χ1v) is 19.4. The van der Waals surface area contributed by atoms with Gasteiger partial charge in [0.1, 0.15) is 35.6 Å². The topological polar surface area (TPSA) is 204 Å². The lowest BCUT2D eigenvalue weighted by molar-refractivity contribution is -0.305. The highest BCUT2D eigenvalue weighted by Gasteiger charge is 2.72. The lowest BCUT2D eigenvalue weighted by atomic mass is 9.45. The van der Waals surface area contributed by atoms with Crippen molar-refractivity contribution < 1.29 is 63.0 Å².